The Kier molecular flexibility index (Phi) is 3.50. The molecule has 0 aliphatic heterocycles. The molecule has 0 aromatic carbocycles. The summed E-state index contributed by atoms with van der Waals surface area (Å²) < 4.78 is 1.53. The summed E-state index contributed by atoms with van der Waals surface area (Å²) in [5, 5.41) is 4.07. The number of nitrogens with zero attached hydrogens (tertiary/aromatic N) is 4. The van der Waals surface area contributed by atoms with Gasteiger partial charge in [0.15, 0.2) is 5.69 Å². The van der Waals surface area contributed by atoms with E-state index in [9.17, 15) is 4.79 Å². The number of pyridine rings is 1. The Labute approximate surface area is 111 Å². The van der Waals surface area contributed by atoms with Crippen molar-refractivity contribution >= 4 is 11.6 Å². The first-order valence-electron chi connectivity index (χ1n) is 5.94. The number of amides is 1. The first-order chi connectivity index (χ1) is 8.97. The number of hydrogen-bond donors (Lipinski definition) is 1. The Morgan fingerprint density at radius 1 is 1.47 bits per heavy atom. The third-order valence-electron chi connectivity index (χ3n) is 2.75. The van der Waals surface area contributed by atoms with Gasteiger partial charge in [-0.05, 0) is 19.1 Å². The molecule has 2 N–H and O–H groups in total. The Morgan fingerprint density at radius 3 is 2.79 bits per heavy atom. The average Bonchev–Trinajstić information content (AvgIpc) is 2.67. The highest BCUT2D eigenvalue weighted by Gasteiger charge is 2.18. The highest BCUT2D eigenvalue weighted by Crippen LogP contribution is 2.12. The number of nitrogen functional groups attached to an aromatic ring is 1. The molecule has 0 spiro atoms. The molecule has 6 nitrogen and oxygen atoms in total. The Morgan fingerprint density at radius 2 is 2.21 bits per heavy atom. The van der Waals surface area contributed by atoms with Crippen molar-refractivity contribution in [1.29, 1.82) is 0 Å². The van der Waals surface area contributed by atoms with Gasteiger partial charge < -0.3 is 10.6 Å². The Bertz CT molecular complexity index is 605. The lowest BCUT2D eigenvalue weighted by atomic mass is 10.3. The predicted molar refractivity (Wildman–Crippen MR) is 72.4 cm³/mol. The Balaban J connectivity index is 2.14. The second kappa shape index (κ2) is 5.09. The summed E-state index contributed by atoms with van der Waals surface area (Å²) in [5.74, 6) is -0.207. The average molecular weight is 259 g/mol. The summed E-state index contributed by atoms with van der Waals surface area (Å²) in [6, 6.07) is 5.73. The fourth-order valence-corrected chi connectivity index (χ4v) is 1.86. The number of aryl methyl sites for hydroxylation is 2. The summed E-state index contributed by atoms with van der Waals surface area (Å²) >= 11 is 0. The standard InChI is InChI=1S/C13H17N5O/c1-9-5-4-6-10(15-9)7-17(2)13(19)12-11(14)8-18(3)16-12/h4-6,8H,7,14H2,1-3H3. The number of nitrogens with two attached hydrogens (primary N) is 1. The third-order valence-corrected chi connectivity index (χ3v) is 2.75. The number of carbonyl (C=O) groups is 1. The maximum atomic E-state index is 12.2. The van der Waals surface area contributed by atoms with E-state index in [1.54, 1.807) is 25.2 Å². The second-order valence-corrected chi connectivity index (χ2v) is 4.54. The van der Waals surface area contributed by atoms with Crippen molar-refractivity contribution < 1.29 is 4.79 Å². The predicted octanol–water partition coefficient (Wildman–Crippen LogP) is 0.978. The van der Waals surface area contributed by atoms with Gasteiger partial charge in [0.25, 0.3) is 5.91 Å². The van der Waals surface area contributed by atoms with Crippen molar-refractivity contribution in [2.75, 3.05) is 12.8 Å². The lowest BCUT2D eigenvalue weighted by Gasteiger charge is -2.15. The molecule has 0 unspecified atom stereocenters. The fraction of sp³-hybridized carbons (Fsp3) is 0.308. The van der Waals surface area contributed by atoms with Gasteiger partial charge in [-0.1, -0.05) is 6.07 Å². The summed E-state index contributed by atoms with van der Waals surface area (Å²) in [5.41, 5.74) is 8.18. The molecule has 0 radical (unpaired) electrons. The number of aromatic nitrogens is 3. The van der Waals surface area contributed by atoms with Crippen LogP contribution in [-0.2, 0) is 13.6 Å². The molecule has 0 saturated carbocycles. The third kappa shape index (κ3) is 2.90. The summed E-state index contributed by atoms with van der Waals surface area (Å²) in [7, 11) is 3.44. The van der Waals surface area contributed by atoms with Crippen LogP contribution >= 0.6 is 0 Å². The summed E-state index contributed by atoms with van der Waals surface area (Å²) in [6.07, 6.45) is 1.62. The van der Waals surface area contributed by atoms with Crippen LogP contribution in [0.4, 0.5) is 5.69 Å². The molecule has 2 aromatic heterocycles. The molecular formula is C13H17N5O. The van der Waals surface area contributed by atoms with E-state index in [-0.39, 0.29) is 11.6 Å². The van der Waals surface area contributed by atoms with E-state index in [4.69, 9.17) is 5.73 Å². The van der Waals surface area contributed by atoms with E-state index in [2.05, 4.69) is 10.1 Å². The smallest absolute Gasteiger partial charge is 0.276 e. The molecule has 19 heavy (non-hydrogen) atoms. The number of carbonyl (C=O) groups excluding carboxylic acids is 1. The largest absolute Gasteiger partial charge is 0.396 e. The van der Waals surface area contributed by atoms with Gasteiger partial charge in [0.1, 0.15) is 0 Å². The Hall–Kier alpha value is -2.37. The molecule has 2 rings (SSSR count). The van der Waals surface area contributed by atoms with Gasteiger partial charge in [0.05, 0.1) is 17.9 Å². The van der Waals surface area contributed by atoms with Crippen LogP contribution in [0.25, 0.3) is 0 Å². The maximum absolute atomic E-state index is 12.2. The van der Waals surface area contributed by atoms with Crippen LogP contribution in [0.1, 0.15) is 21.9 Å². The van der Waals surface area contributed by atoms with Crippen LogP contribution in [0.5, 0.6) is 0 Å². The minimum Gasteiger partial charge on any atom is -0.396 e. The van der Waals surface area contributed by atoms with Gasteiger partial charge in [-0.3, -0.25) is 14.5 Å². The van der Waals surface area contributed by atoms with Gasteiger partial charge in [0.2, 0.25) is 0 Å². The van der Waals surface area contributed by atoms with Crippen molar-refractivity contribution in [1.82, 2.24) is 19.7 Å². The molecule has 2 heterocycles. The molecule has 1 amide bonds. The van der Waals surface area contributed by atoms with Gasteiger partial charge in [-0.25, -0.2) is 0 Å². The van der Waals surface area contributed by atoms with Crippen LogP contribution in [0.2, 0.25) is 0 Å². The fourth-order valence-electron chi connectivity index (χ4n) is 1.86. The zero-order chi connectivity index (χ0) is 14.0. The van der Waals surface area contributed by atoms with Crippen molar-refractivity contribution in [2.45, 2.75) is 13.5 Å². The lowest BCUT2D eigenvalue weighted by molar-refractivity contribution is 0.0777. The molecule has 6 heteroatoms. The van der Waals surface area contributed by atoms with Crippen molar-refractivity contribution in [3.8, 4) is 0 Å². The maximum Gasteiger partial charge on any atom is 0.276 e. The molecule has 0 aliphatic carbocycles. The summed E-state index contributed by atoms with van der Waals surface area (Å²) in [6.45, 7) is 2.35. The highest BCUT2D eigenvalue weighted by atomic mass is 16.2. The summed E-state index contributed by atoms with van der Waals surface area (Å²) in [4.78, 5) is 18.1. The monoisotopic (exact) mass is 259 g/mol. The van der Waals surface area contributed by atoms with Crippen LogP contribution in [-0.4, -0.2) is 32.6 Å². The number of anilines is 1. The molecule has 0 fully saturated rings. The van der Waals surface area contributed by atoms with E-state index in [0.29, 0.717) is 12.2 Å². The van der Waals surface area contributed by atoms with Crippen LogP contribution in [0, 0.1) is 6.92 Å². The van der Waals surface area contributed by atoms with E-state index >= 15 is 0 Å². The molecular weight excluding hydrogens is 242 g/mol. The van der Waals surface area contributed by atoms with E-state index in [1.165, 1.54) is 4.68 Å². The highest BCUT2D eigenvalue weighted by molar-refractivity contribution is 5.96. The first-order valence-corrected chi connectivity index (χ1v) is 5.94. The molecule has 2 aromatic rings. The normalized spacial score (nSPS) is 10.5. The molecule has 0 saturated heterocycles. The van der Waals surface area contributed by atoms with Crippen LogP contribution in [0.3, 0.4) is 0 Å². The van der Waals surface area contributed by atoms with Crippen LogP contribution < -0.4 is 5.73 Å². The number of hydrogen-bond acceptors (Lipinski definition) is 4. The van der Waals surface area contributed by atoms with E-state index in [1.807, 2.05) is 25.1 Å². The van der Waals surface area contributed by atoms with E-state index in [0.717, 1.165) is 11.4 Å². The zero-order valence-electron chi connectivity index (χ0n) is 11.3. The molecule has 0 atom stereocenters. The van der Waals surface area contributed by atoms with Gasteiger partial charge in [-0.2, -0.15) is 5.10 Å². The minimum absolute atomic E-state index is 0.207. The van der Waals surface area contributed by atoms with Gasteiger partial charge in [-0.15, -0.1) is 0 Å². The van der Waals surface area contributed by atoms with Crippen molar-refractivity contribution in [2.24, 2.45) is 7.05 Å². The molecule has 0 bridgehead atoms. The second-order valence-electron chi connectivity index (χ2n) is 4.54. The minimum atomic E-state index is -0.207. The first kappa shape index (κ1) is 13.1. The van der Waals surface area contributed by atoms with Crippen molar-refractivity contribution in [3.63, 3.8) is 0 Å². The number of rotatable bonds is 3. The van der Waals surface area contributed by atoms with Crippen molar-refractivity contribution in [3.05, 3.63) is 41.5 Å². The van der Waals surface area contributed by atoms with E-state index < -0.39 is 0 Å². The lowest BCUT2D eigenvalue weighted by Crippen LogP contribution is -2.27. The molecule has 0 aliphatic rings. The topological polar surface area (TPSA) is 77.0 Å². The van der Waals surface area contributed by atoms with Crippen LogP contribution in [0.15, 0.2) is 24.4 Å². The van der Waals surface area contributed by atoms with Gasteiger partial charge >= 0.3 is 0 Å². The molecule has 100 valence electrons. The zero-order valence-corrected chi connectivity index (χ0v) is 11.3. The SMILES string of the molecule is Cc1cccc(CN(C)C(=O)c2nn(C)cc2N)n1. The van der Waals surface area contributed by atoms with Gasteiger partial charge in [0, 0.05) is 26.0 Å². The quantitative estimate of drug-likeness (QED) is 0.891.